The average molecular weight is 388 g/mol. The van der Waals surface area contributed by atoms with Crippen LogP contribution >= 0.6 is 11.6 Å². The van der Waals surface area contributed by atoms with Crippen molar-refractivity contribution in [3.8, 4) is 17.2 Å². The van der Waals surface area contributed by atoms with Crippen molar-refractivity contribution in [2.75, 3.05) is 13.7 Å². The van der Waals surface area contributed by atoms with Gasteiger partial charge < -0.3 is 14.8 Å². The highest BCUT2D eigenvalue weighted by Gasteiger charge is 2.17. The van der Waals surface area contributed by atoms with Gasteiger partial charge in [-0.15, -0.1) is 5.10 Å². The molecule has 0 atom stereocenters. The molecule has 0 aliphatic heterocycles. The third kappa shape index (κ3) is 4.35. The molecule has 0 aliphatic rings. The molecule has 8 nitrogen and oxygen atoms in total. The number of rotatable bonds is 7. The number of ether oxygens (including phenoxy) is 2. The summed E-state index contributed by atoms with van der Waals surface area (Å²) in [5.74, 6) is 0.819. The molecule has 27 heavy (non-hydrogen) atoms. The van der Waals surface area contributed by atoms with E-state index in [4.69, 9.17) is 21.1 Å². The Morgan fingerprint density at radius 2 is 2.15 bits per heavy atom. The van der Waals surface area contributed by atoms with Gasteiger partial charge in [0.1, 0.15) is 17.8 Å². The predicted molar refractivity (Wildman–Crippen MR) is 99.5 cm³/mol. The smallest absolute Gasteiger partial charge is 0.255 e. The number of nitrogens with one attached hydrogen (secondary N) is 1. The van der Waals surface area contributed by atoms with Gasteiger partial charge >= 0.3 is 0 Å². The zero-order valence-electron chi connectivity index (χ0n) is 14.8. The standard InChI is InChI=1S/C18H18ClN5O3/c1-3-27-13-6-4-5-12(7-13)10-20-18(25)14-8-15(19)16(9-17(14)26-2)24-11-21-22-23-24/h4-9,11H,3,10H2,1-2H3,(H,20,25). The second kappa shape index (κ2) is 8.50. The van der Waals surface area contributed by atoms with Crippen LogP contribution in [-0.4, -0.2) is 39.8 Å². The molecule has 1 N–H and O–H groups in total. The van der Waals surface area contributed by atoms with E-state index in [2.05, 4.69) is 20.8 Å². The van der Waals surface area contributed by atoms with Gasteiger partial charge in [0.25, 0.3) is 5.91 Å². The molecule has 0 bridgehead atoms. The summed E-state index contributed by atoms with van der Waals surface area (Å²) in [7, 11) is 1.48. The Morgan fingerprint density at radius 1 is 1.30 bits per heavy atom. The minimum atomic E-state index is -0.307. The fourth-order valence-electron chi connectivity index (χ4n) is 2.53. The van der Waals surface area contributed by atoms with Crippen molar-refractivity contribution in [3.05, 3.63) is 58.9 Å². The summed E-state index contributed by atoms with van der Waals surface area (Å²) >= 11 is 6.30. The number of tetrazole rings is 1. The number of nitrogens with zero attached hydrogens (tertiary/aromatic N) is 4. The van der Waals surface area contributed by atoms with E-state index in [0.717, 1.165) is 11.3 Å². The quantitative estimate of drug-likeness (QED) is 0.670. The Morgan fingerprint density at radius 3 is 2.85 bits per heavy atom. The van der Waals surface area contributed by atoms with Gasteiger partial charge in [0, 0.05) is 12.6 Å². The van der Waals surface area contributed by atoms with Crippen molar-refractivity contribution in [1.29, 1.82) is 0 Å². The van der Waals surface area contributed by atoms with E-state index >= 15 is 0 Å². The summed E-state index contributed by atoms with van der Waals surface area (Å²) in [5.41, 5.74) is 1.75. The van der Waals surface area contributed by atoms with E-state index in [9.17, 15) is 4.79 Å². The lowest BCUT2D eigenvalue weighted by Crippen LogP contribution is -2.23. The van der Waals surface area contributed by atoms with Crippen LogP contribution in [0.1, 0.15) is 22.8 Å². The molecule has 0 fully saturated rings. The van der Waals surface area contributed by atoms with Gasteiger partial charge in [0.05, 0.1) is 30.0 Å². The lowest BCUT2D eigenvalue weighted by Gasteiger charge is -2.13. The van der Waals surface area contributed by atoms with Crippen molar-refractivity contribution in [2.24, 2.45) is 0 Å². The molecule has 0 saturated carbocycles. The van der Waals surface area contributed by atoms with Crippen LogP contribution in [0.4, 0.5) is 0 Å². The number of halogens is 1. The molecule has 3 rings (SSSR count). The summed E-state index contributed by atoms with van der Waals surface area (Å²) in [5, 5.41) is 14.1. The topological polar surface area (TPSA) is 91.2 Å². The maximum absolute atomic E-state index is 12.6. The van der Waals surface area contributed by atoms with Crippen LogP contribution in [-0.2, 0) is 6.54 Å². The lowest BCUT2D eigenvalue weighted by atomic mass is 10.1. The van der Waals surface area contributed by atoms with Crippen LogP contribution in [0.15, 0.2) is 42.7 Å². The zero-order chi connectivity index (χ0) is 19.2. The molecular formula is C18H18ClN5O3. The van der Waals surface area contributed by atoms with E-state index in [-0.39, 0.29) is 5.91 Å². The predicted octanol–water partition coefficient (Wildman–Crippen LogP) is 2.65. The first-order valence-corrected chi connectivity index (χ1v) is 8.61. The molecule has 0 saturated heterocycles. The third-order valence-corrected chi connectivity index (χ3v) is 4.07. The van der Waals surface area contributed by atoms with Gasteiger partial charge in [-0.25, -0.2) is 0 Å². The monoisotopic (exact) mass is 387 g/mol. The molecule has 2 aromatic carbocycles. The lowest BCUT2D eigenvalue weighted by molar-refractivity contribution is 0.0948. The third-order valence-electron chi connectivity index (χ3n) is 3.77. The SMILES string of the molecule is CCOc1cccc(CNC(=O)c2cc(Cl)c(-n3cnnn3)cc2OC)c1. The maximum Gasteiger partial charge on any atom is 0.255 e. The fraction of sp³-hybridized carbons (Fsp3) is 0.222. The van der Waals surface area contributed by atoms with Crippen LogP contribution in [0.2, 0.25) is 5.02 Å². The van der Waals surface area contributed by atoms with Crippen LogP contribution in [0, 0.1) is 0 Å². The first-order valence-electron chi connectivity index (χ1n) is 8.23. The molecule has 0 unspecified atom stereocenters. The van der Waals surface area contributed by atoms with Gasteiger partial charge in [-0.3, -0.25) is 4.79 Å². The van der Waals surface area contributed by atoms with E-state index < -0.39 is 0 Å². The van der Waals surface area contributed by atoms with Crippen LogP contribution in [0.25, 0.3) is 5.69 Å². The van der Waals surface area contributed by atoms with Crippen LogP contribution < -0.4 is 14.8 Å². The second-order valence-electron chi connectivity index (χ2n) is 5.52. The van der Waals surface area contributed by atoms with Gasteiger partial charge in [0.15, 0.2) is 0 Å². The van der Waals surface area contributed by atoms with E-state index in [0.29, 0.717) is 35.2 Å². The molecule has 1 heterocycles. The first kappa shape index (κ1) is 18.7. The van der Waals surface area contributed by atoms with Gasteiger partial charge in [-0.2, -0.15) is 4.68 Å². The normalized spacial score (nSPS) is 10.5. The number of carbonyl (C=O) groups excluding carboxylic acids is 1. The zero-order valence-corrected chi connectivity index (χ0v) is 15.6. The summed E-state index contributed by atoms with van der Waals surface area (Å²) < 4.78 is 12.2. The van der Waals surface area contributed by atoms with Crippen molar-refractivity contribution in [3.63, 3.8) is 0 Å². The molecule has 9 heteroatoms. The molecule has 1 aromatic heterocycles. The molecular weight excluding hydrogens is 370 g/mol. The number of carbonyl (C=O) groups is 1. The molecule has 3 aromatic rings. The minimum absolute atomic E-state index is 0.307. The van der Waals surface area contributed by atoms with Crippen molar-refractivity contribution in [2.45, 2.75) is 13.5 Å². The number of aromatic nitrogens is 4. The van der Waals surface area contributed by atoms with Crippen molar-refractivity contribution in [1.82, 2.24) is 25.5 Å². The number of methoxy groups -OCH3 is 1. The summed E-state index contributed by atoms with van der Waals surface area (Å²) in [6.45, 7) is 2.85. The van der Waals surface area contributed by atoms with Crippen molar-refractivity contribution >= 4 is 17.5 Å². The highest BCUT2D eigenvalue weighted by Crippen LogP contribution is 2.29. The second-order valence-corrected chi connectivity index (χ2v) is 5.93. The summed E-state index contributed by atoms with van der Waals surface area (Å²) in [6.07, 6.45) is 1.41. The van der Waals surface area contributed by atoms with Gasteiger partial charge in [-0.1, -0.05) is 23.7 Å². The number of hydrogen-bond donors (Lipinski definition) is 1. The maximum atomic E-state index is 12.6. The highest BCUT2D eigenvalue weighted by molar-refractivity contribution is 6.33. The van der Waals surface area contributed by atoms with E-state index in [1.165, 1.54) is 24.2 Å². The first-order chi connectivity index (χ1) is 13.1. The molecule has 0 aliphatic carbocycles. The summed E-state index contributed by atoms with van der Waals surface area (Å²) in [4.78, 5) is 12.6. The van der Waals surface area contributed by atoms with E-state index in [1.54, 1.807) is 6.07 Å². The van der Waals surface area contributed by atoms with E-state index in [1.807, 2.05) is 31.2 Å². The molecule has 140 valence electrons. The molecule has 0 spiro atoms. The Balaban J connectivity index is 1.78. The Labute approximate surface area is 161 Å². The van der Waals surface area contributed by atoms with Gasteiger partial charge in [0.2, 0.25) is 0 Å². The summed E-state index contributed by atoms with van der Waals surface area (Å²) in [6, 6.07) is 10.7. The molecule has 0 radical (unpaired) electrons. The number of hydrogen-bond acceptors (Lipinski definition) is 6. The van der Waals surface area contributed by atoms with Crippen LogP contribution in [0.5, 0.6) is 11.5 Å². The average Bonchev–Trinajstić information content (AvgIpc) is 3.21. The largest absolute Gasteiger partial charge is 0.496 e. The van der Waals surface area contributed by atoms with Crippen LogP contribution in [0.3, 0.4) is 0 Å². The number of amides is 1. The minimum Gasteiger partial charge on any atom is -0.496 e. The van der Waals surface area contributed by atoms with Gasteiger partial charge in [-0.05, 0) is 41.1 Å². The Bertz CT molecular complexity index is 931. The highest BCUT2D eigenvalue weighted by atomic mass is 35.5. The Kier molecular flexibility index (Phi) is 5.87. The van der Waals surface area contributed by atoms with Crippen molar-refractivity contribution < 1.29 is 14.3 Å². The number of benzene rings is 2. The fourth-order valence-corrected chi connectivity index (χ4v) is 2.78. The molecule has 1 amide bonds. The Hall–Kier alpha value is -3.13.